The molecule has 0 unspecified atom stereocenters. The summed E-state index contributed by atoms with van der Waals surface area (Å²) in [6.45, 7) is 2.07. The molecule has 0 amide bonds. The zero-order valence-corrected chi connectivity index (χ0v) is 32.9. The number of nitrogens with zero attached hydrogens (tertiary/aromatic N) is 3. The normalized spacial score (nSPS) is 11.4. The zero-order chi connectivity index (χ0) is 40.0. The van der Waals surface area contributed by atoms with Gasteiger partial charge in [0, 0.05) is 74.1 Å². The Morgan fingerprint density at radius 3 is 1.07 bits per heavy atom. The van der Waals surface area contributed by atoms with E-state index in [1.54, 1.807) is 0 Å². The molecule has 11 aromatic rings. The maximum absolute atomic E-state index is 6.97. The van der Waals surface area contributed by atoms with Crippen LogP contribution in [0.3, 0.4) is 0 Å². The first-order chi connectivity index (χ1) is 29.7. The van der Waals surface area contributed by atoms with E-state index in [2.05, 4.69) is 215 Å². The van der Waals surface area contributed by atoms with Crippen LogP contribution in [0, 0.1) is 6.92 Å². The van der Waals surface area contributed by atoms with Crippen molar-refractivity contribution in [3.05, 3.63) is 224 Å². The Balaban J connectivity index is 1.04. The van der Waals surface area contributed by atoms with E-state index in [9.17, 15) is 0 Å². The van der Waals surface area contributed by atoms with Gasteiger partial charge in [0.1, 0.15) is 23.0 Å². The molecule has 11 rings (SSSR count). The quantitative estimate of drug-likeness (QED) is 0.146. The highest BCUT2D eigenvalue weighted by atomic mass is 16.5. The Morgan fingerprint density at radius 1 is 0.333 bits per heavy atom. The predicted molar refractivity (Wildman–Crippen MR) is 248 cm³/mol. The van der Waals surface area contributed by atoms with Crippen molar-refractivity contribution in [2.45, 2.75) is 6.92 Å². The largest absolute Gasteiger partial charge is 0.457 e. The van der Waals surface area contributed by atoms with Crippen LogP contribution in [0.5, 0.6) is 23.0 Å². The summed E-state index contributed by atoms with van der Waals surface area (Å²) in [6.07, 6.45) is 0. The van der Waals surface area contributed by atoms with Crippen LogP contribution < -0.4 is 14.4 Å². The number of anilines is 3. The van der Waals surface area contributed by atoms with Crippen LogP contribution in [0.2, 0.25) is 0 Å². The minimum atomic E-state index is 0.692. The molecular formula is C55H39N3O2. The van der Waals surface area contributed by atoms with Crippen molar-refractivity contribution in [3.63, 3.8) is 0 Å². The van der Waals surface area contributed by atoms with E-state index in [1.165, 1.54) is 21.5 Å². The van der Waals surface area contributed by atoms with Gasteiger partial charge >= 0.3 is 0 Å². The maximum Gasteiger partial charge on any atom is 0.136 e. The molecule has 286 valence electrons. The summed E-state index contributed by atoms with van der Waals surface area (Å²) in [4.78, 5) is 2.24. The smallest absolute Gasteiger partial charge is 0.136 e. The minimum absolute atomic E-state index is 0.692. The Kier molecular flexibility index (Phi) is 8.63. The molecule has 2 heterocycles. The molecular weight excluding hydrogens is 735 g/mol. The van der Waals surface area contributed by atoms with Gasteiger partial charge < -0.3 is 23.5 Å². The lowest BCUT2D eigenvalue weighted by molar-refractivity contribution is 0.454. The van der Waals surface area contributed by atoms with E-state index in [0.29, 0.717) is 11.5 Å². The van der Waals surface area contributed by atoms with Crippen molar-refractivity contribution in [3.8, 4) is 34.4 Å². The minimum Gasteiger partial charge on any atom is -0.457 e. The van der Waals surface area contributed by atoms with Crippen molar-refractivity contribution < 1.29 is 9.47 Å². The lowest BCUT2D eigenvalue weighted by atomic mass is 10.1. The highest BCUT2D eigenvalue weighted by molar-refractivity contribution is 6.10. The van der Waals surface area contributed by atoms with Gasteiger partial charge in [-0.3, -0.25) is 0 Å². The molecule has 0 atom stereocenters. The summed E-state index contributed by atoms with van der Waals surface area (Å²) in [5, 5.41) is 4.87. The number of hydrogen-bond donors (Lipinski definition) is 0. The van der Waals surface area contributed by atoms with Gasteiger partial charge in [0.25, 0.3) is 0 Å². The summed E-state index contributed by atoms with van der Waals surface area (Å²) >= 11 is 0. The summed E-state index contributed by atoms with van der Waals surface area (Å²) in [7, 11) is 0. The number of aromatic nitrogens is 2. The van der Waals surface area contributed by atoms with Gasteiger partial charge in [0.05, 0.1) is 27.8 Å². The van der Waals surface area contributed by atoms with Crippen LogP contribution in [0.1, 0.15) is 5.56 Å². The molecule has 0 aliphatic rings. The van der Waals surface area contributed by atoms with Crippen LogP contribution >= 0.6 is 0 Å². The highest BCUT2D eigenvalue weighted by Gasteiger charge is 2.20. The molecule has 9 aromatic carbocycles. The van der Waals surface area contributed by atoms with Gasteiger partial charge in [0.2, 0.25) is 0 Å². The fourth-order valence-electron chi connectivity index (χ4n) is 8.62. The molecule has 0 saturated heterocycles. The van der Waals surface area contributed by atoms with Crippen LogP contribution in [-0.4, -0.2) is 9.13 Å². The Labute approximate surface area is 348 Å². The first-order valence-corrected chi connectivity index (χ1v) is 20.3. The molecule has 0 saturated carbocycles. The molecule has 0 spiro atoms. The molecule has 5 heteroatoms. The summed E-state index contributed by atoms with van der Waals surface area (Å²) in [5.41, 5.74) is 10.5. The first kappa shape index (κ1) is 35.2. The first-order valence-electron chi connectivity index (χ1n) is 20.3. The molecule has 60 heavy (non-hydrogen) atoms. The molecule has 0 bridgehead atoms. The molecule has 0 aliphatic heterocycles. The van der Waals surface area contributed by atoms with E-state index in [1.807, 2.05) is 24.3 Å². The number of para-hydroxylation sites is 6. The third-order valence-corrected chi connectivity index (χ3v) is 11.4. The van der Waals surface area contributed by atoms with E-state index in [0.717, 1.165) is 67.6 Å². The summed E-state index contributed by atoms with van der Waals surface area (Å²) in [5.74, 6) is 2.83. The van der Waals surface area contributed by atoms with Gasteiger partial charge in [-0.2, -0.15) is 0 Å². The molecule has 5 nitrogen and oxygen atoms in total. The van der Waals surface area contributed by atoms with Gasteiger partial charge in [-0.25, -0.2) is 0 Å². The van der Waals surface area contributed by atoms with Gasteiger partial charge in [-0.05, 0) is 79.7 Å². The Hall–Kier alpha value is -8.02. The third-order valence-electron chi connectivity index (χ3n) is 11.4. The van der Waals surface area contributed by atoms with E-state index < -0.39 is 0 Å². The second-order valence-corrected chi connectivity index (χ2v) is 15.0. The number of hydrogen-bond acceptors (Lipinski definition) is 3. The van der Waals surface area contributed by atoms with Crippen molar-refractivity contribution in [1.82, 2.24) is 9.13 Å². The number of benzene rings is 9. The summed E-state index contributed by atoms with van der Waals surface area (Å²) < 4.78 is 18.6. The molecule has 0 radical (unpaired) electrons. The molecule has 0 aliphatic carbocycles. The molecule has 2 aromatic heterocycles. The van der Waals surface area contributed by atoms with E-state index in [-0.39, 0.29) is 0 Å². The van der Waals surface area contributed by atoms with Gasteiger partial charge in [0.15, 0.2) is 0 Å². The van der Waals surface area contributed by atoms with Crippen LogP contribution in [0.15, 0.2) is 218 Å². The Bertz CT molecular complexity index is 3020. The van der Waals surface area contributed by atoms with Crippen molar-refractivity contribution >= 4 is 60.7 Å². The topological polar surface area (TPSA) is 31.6 Å². The summed E-state index contributed by atoms with van der Waals surface area (Å²) in [6, 6.07) is 76.0. The lowest BCUT2D eigenvalue weighted by Crippen LogP contribution is -2.10. The monoisotopic (exact) mass is 773 g/mol. The van der Waals surface area contributed by atoms with Crippen LogP contribution in [0.25, 0.3) is 55.0 Å². The fourth-order valence-corrected chi connectivity index (χ4v) is 8.62. The van der Waals surface area contributed by atoms with Crippen molar-refractivity contribution in [1.29, 1.82) is 0 Å². The van der Waals surface area contributed by atoms with E-state index >= 15 is 0 Å². The Morgan fingerprint density at radius 2 is 0.683 bits per heavy atom. The van der Waals surface area contributed by atoms with Crippen molar-refractivity contribution in [2.24, 2.45) is 0 Å². The second-order valence-electron chi connectivity index (χ2n) is 15.0. The average Bonchev–Trinajstić information content (AvgIpc) is 3.82. The van der Waals surface area contributed by atoms with Gasteiger partial charge in [-0.1, -0.05) is 121 Å². The van der Waals surface area contributed by atoms with Crippen LogP contribution in [0.4, 0.5) is 17.1 Å². The predicted octanol–water partition coefficient (Wildman–Crippen LogP) is 15.2. The molecule has 0 N–H and O–H groups in total. The number of rotatable bonds is 9. The fraction of sp³-hybridized carbons (Fsp3) is 0.0182. The standard InChI is InChI=1S/C55H39N3O2/c1-38-54(59-44-24-16-22-41(34-44)57-50-30-12-8-26-46(50)47-27-9-13-31-51(47)57)36-43(56(39-18-4-2-5-19-39)40-20-6-3-7-21-40)37-55(38)60-45-25-17-23-42(35-45)58-52-32-14-10-28-48(52)49-29-11-15-33-53(49)58/h2-37H,1H3. The van der Waals surface area contributed by atoms with Gasteiger partial charge in [-0.15, -0.1) is 0 Å². The lowest BCUT2D eigenvalue weighted by Gasteiger charge is -2.27. The SMILES string of the molecule is Cc1c(Oc2cccc(-n3c4ccccc4c4ccccc43)c2)cc(N(c2ccccc2)c2ccccc2)cc1Oc1cccc(-n2c3ccccc3c3ccccc32)c1. The average molecular weight is 774 g/mol. The number of ether oxygens (including phenoxy) is 2. The zero-order valence-electron chi connectivity index (χ0n) is 32.9. The molecule has 0 fully saturated rings. The maximum atomic E-state index is 6.97. The third kappa shape index (κ3) is 6.12. The second kappa shape index (κ2) is 14.7. The van der Waals surface area contributed by atoms with E-state index in [4.69, 9.17) is 9.47 Å². The highest BCUT2D eigenvalue weighted by Crippen LogP contribution is 2.44. The number of fused-ring (bicyclic) bond motifs is 6. The van der Waals surface area contributed by atoms with Crippen LogP contribution in [-0.2, 0) is 0 Å². The van der Waals surface area contributed by atoms with Crippen molar-refractivity contribution in [2.75, 3.05) is 4.90 Å².